The molecule has 0 spiro atoms. The number of rotatable bonds is 4. The number of aliphatic hydroxyl groups is 1. The number of hydrogen-bond acceptors (Lipinski definition) is 7. The first-order valence-corrected chi connectivity index (χ1v) is 7.03. The van der Waals surface area contributed by atoms with Crippen molar-refractivity contribution >= 4 is 10.0 Å². The minimum atomic E-state index is -4.04. The van der Waals surface area contributed by atoms with Crippen LogP contribution in [0.4, 0.5) is 0 Å². The molecule has 2 heterocycles. The van der Waals surface area contributed by atoms with E-state index < -0.39 is 21.5 Å². The van der Waals surface area contributed by atoms with Crippen LogP contribution in [0.25, 0.3) is 0 Å². The number of primary sulfonamides is 1. The second-order valence-corrected chi connectivity index (χ2v) is 5.80. The zero-order valence-electron chi connectivity index (χ0n) is 10.2. The summed E-state index contributed by atoms with van der Waals surface area (Å²) in [5.41, 5.74) is 0.799. The number of aliphatic hydroxyl groups excluding tert-OH is 1. The van der Waals surface area contributed by atoms with E-state index in [1.165, 1.54) is 29.8 Å². The molecule has 19 heavy (non-hydrogen) atoms. The third kappa shape index (κ3) is 3.00. The van der Waals surface area contributed by atoms with Gasteiger partial charge in [0.25, 0.3) is 0 Å². The molecule has 0 saturated heterocycles. The second kappa shape index (κ2) is 5.11. The molecule has 2 rings (SSSR count). The first-order chi connectivity index (χ1) is 8.89. The molecule has 0 aromatic carbocycles. The highest BCUT2D eigenvalue weighted by Gasteiger charge is 2.38. The van der Waals surface area contributed by atoms with Gasteiger partial charge in [0.05, 0.1) is 0 Å². The molecule has 1 aromatic rings. The molecule has 3 N–H and O–H groups in total. The number of nitrogens with zero attached hydrogens (tertiary/aromatic N) is 3. The lowest BCUT2D eigenvalue weighted by molar-refractivity contribution is 0.0731. The topological polar surface area (TPSA) is 119 Å². The number of hydrogen-bond donors (Lipinski definition) is 2. The van der Waals surface area contributed by atoms with Crippen LogP contribution < -0.4 is 5.14 Å². The van der Waals surface area contributed by atoms with Crippen molar-refractivity contribution in [2.24, 2.45) is 5.14 Å². The number of sulfonamides is 1. The third-order valence-corrected chi connectivity index (χ3v) is 3.77. The summed E-state index contributed by atoms with van der Waals surface area (Å²) in [4.78, 5) is 9.09. The molecule has 8 nitrogen and oxygen atoms in total. The van der Waals surface area contributed by atoms with E-state index in [-0.39, 0.29) is 12.6 Å². The number of aromatic nitrogens is 2. The van der Waals surface area contributed by atoms with Gasteiger partial charge in [-0.05, 0) is 12.5 Å². The fraction of sp³-hybridized carbons (Fsp3) is 0.400. The van der Waals surface area contributed by atoms with Crippen molar-refractivity contribution in [2.75, 3.05) is 6.73 Å². The Morgan fingerprint density at radius 3 is 2.58 bits per heavy atom. The average molecular weight is 286 g/mol. The Kier molecular flexibility index (Phi) is 3.69. The first kappa shape index (κ1) is 13.7. The van der Waals surface area contributed by atoms with Gasteiger partial charge in [-0.2, -0.15) is 0 Å². The Hall–Kier alpha value is -1.71. The third-order valence-electron chi connectivity index (χ3n) is 2.57. The Morgan fingerprint density at radius 2 is 2.11 bits per heavy atom. The molecule has 0 aliphatic carbocycles. The van der Waals surface area contributed by atoms with Crippen LogP contribution in [-0.2, 0) is 14.8 Å². The highest BCUT2D eigenvalue weighted by atomic mass is 32.2. The highest BCUT2D eigenvalue weighted by molar-refractivity contribution is 7.89. The molecule has 0 amide bonds. The van der Waals surface area contributed by atoms with E-state index in [1.54, 1.807) is 6.92 Å². The quantitative estimate of drug-likeness (QED) is 0.743. The zero-order chi connectivity index (χ0) is 14.0. The fourth-order valence-corrected chi connectivity index (χ4v) is 2.67. The highest BCUT2D eigenvalue weighted by Crippen LogP contribution is 2.23. The van der Waals surface area contributed by atoms with E-state index in [9.17, 15) is 13.5 Å². The monoisotopic (exact) mass is 286 g/mol. The summed E-state index contributed by atoms with van der Waals surface area (Å²) in [6.07, 6.45) is 4.22. The van der Waals surface area contributed by atoms with Gasteiger partial charge < -0.3 is 14.7 Å². The molecule has 104 valence electrons. The molecule has 1 aliphatic rings. The van der Waals surface area contributed by atoms with Crippen LogP contribution in [-0.4, -0.2) is 40.5 Å². The van der Waals surface area contributed by atoms with Crippen LogP contribution in [0.3, 0.4) is 0 Å². The van der Waals surface area contributed by atoms with Crippen LogP contribution in [0.2, 0.25) is 0 Å². The molecule has 0 saturated carbocycles. The Balaban J connectivity index is 2.33. The van der Waals surface area contributed by atoms with Crippen molar-refractivity contribution in [3.63, 3.8) is 0 Å². The molecular weight excluding hydrogens is 272 g/mol. The van der Waals surface area contributed by atoms with Gasteiger partial charge >= 0.3 is 0 Å². The maximum Gasteiger partial charge on any atom is 0.233 e. The summed E-state index contributed by atoms with van der Waals surface area (Å²) in [6, 6.07) is 0. The molecule has 1 aromatic heterocycles. The summed E-state index contributed by atoms with van der Waals surface area (Å²) in [5, 5.41) is 13.9. The van der Waals surface area contributed by atoms with Crippen molar-refractivity contribution in [1.82, 2.24) is 14.9 Å². The van der Waals surface area contributed by atoms with Gasteiger partial charge in [0.1, 0.15) is 12.4 Å². The van der Waals surface area contributed by atoms with Gasteiger partial charge in [-0.3, -0.25) is 0 Å². The fourth-order valence-electron chi connectivity index (χ4n) is 1.68. The number of aryl methyl sites for hydroxylation is 1. The van der Waals surface area contributed by atoms with E-state index in [0.29, 0.717) is 0 Å². The van der Waals surface area contributed by atoms with Crippen molar-refractivity contribution in [2.45, 2.75) is 18.4 Å². The normalized spacial score (nSPS) is 18.2. The van der Waals surface area contributed by atoms with Crippen LogP contribution in [0.1, 0.15) is 17.5 Å². The zero-order valence-corrected chi connectivity index (χ0v) is 11.0. The van der Waals surface area contributed by atoms with Crippen molar-refractivity contribution < 1.29 is 18.3 Å². The molecule has 2 atom stereocenters. The van der Waals surface area contributed by atoms with Crippen LogP contribution in [0, 0.1) is 6.92 Å². The van der Waals surface area contributed by atoms with Gasteiger partial charge in [-0.1, -0.05) is 0 Å². The summed E-state index contributed by atoms with van der Waals surface area (Å²) >= 11 is 0. The van der Waals surface area contributed by atoms with Crippen LogP contribution >= 0.6 is 0 Å². The lowest BCUT2D eigenvalue weighted by atomic mass is 10.3. The summed E-state index contributed by atoms with van der Waals surface area (Å²) in [6.45, 7) is 1.77. The molecular formula is C10H14N4O4S. The summed E-state index contributed by atoms with van der Waals surface area (Å²) in [7, 11) is -4.04. The van der Waals surface area contributed by atoms with Crippen LogP contribution in [0.15, 0.2) is 24.9 Å². The second-order valence-electron chi connectivity index (χ2n) is 4.14. The van der Waals surface area contributed by atoms with Crippen LogP contribution in [0.5, 0.6) is 0 Å². The Labute approximate surface area is 110 Å². The molecule has 0 radical (unpaired) electrons. The van der Waals surface area contributed by atoms with E-state index in [4.69, 9.17) is 9.88 Å². The van der Waals surface area contributed by atoms with Gasteiger partial charge in [-0.25, -0.2) is 23.5 Å². The van der Waals surface area contributed by atoms with Gasteiger partial charge in [0.15, 0.2) is 17.9 Å². The molecule has 0 fully saturated rings. The van der Waals surface area contributed by atoms with E-state index >= 15 is 0 Å². The molecule has 0 bridgehead atoms. The van der Waals surface area contributed by atoms with Crippen molar-refractivity contribution in [3.05, 3.63) is 36.2 Å². The van der Waals surface area contributed by atoms with Crippen molar-refractivity contribution in [1.29, 1.82) is 0 Å². The first-order valence-electron chi connectivity index (χ1n) is 5.42. The minimum absolute atomic E-state index is 0.00933. The largest absolute Gasteiger partial charge is 0.479 e. The van der Waals surface area contributed by atoms with Gasteiger partial charge in [-0.15, -0.1) is 0 Å². The maximum atomic E-state index is 11.6. The maximum absolute atomic E-state index is 11.6. The average Bonchev–Trinajstić information content (AvgIpc) is 2.81. The minimum Gasteiger partial charge on any atom is -0.479 e. The molecule has 1 aliphatic heterocycles. The van der Waals surface area contributed by atoms with E-state index in [0.717, 1.165) is 5.56 Å². The van der Waals surface area contributed by atoms with Gasteiger partial charge in [0.2, 0.25) is 10.0 Å². The number of ether oxygens (including phenoxy) is 1. The summed E-state index contributed by atoms with van der Waals surface area (Å²) < 4.78 is 28.2. The SMILES string of the molecule is Cc1cnc(C(O)C(N2C=COC2)S(N)(=O)=O)nc1. The lowest BCUT2D eigenvalue weighted by Gasteiger charge is -2.27. The number of nitrogens with two attached hydrogens (primary N) is 1. The van der Waals surface area contributed by atoms with Crippen molar-refractivity contribution in [3.8, 4) is 0 Å². The smallest absolute Gasteiger partial charge is 0.233 e. The Bertz CT molecular complexity index is 572. The predicted molar refractivity (Wildman–Crippen MR) is 65.6 cm³/mol. The standard InChI is InChI=1S/C10H14N4O4S/c1-7-4-12-9(13-5-7)8(15)10(19(11,16)17)14-2-3-18-6-14/h2-5,8,10,15H,6H2,1H3,(H2,11,16,17). The lowest BCUT2D eigenvalue weighted by Crippen LogP contribution is -2.45. The van der Waals surface area contributed by atoms with E-state index in [2.05, 4.69) is 9.97 Å². The predicted octanol–water partition coefficient (Wildman–Crippen LogP) is -0.806. The molecule has 2 unspecified atom stereocenters. The summed E-state index contributed by atoms with van der Waals surface area (Å²) in [5.74, 6) is -0.00933. The van der Waals surface area contributed by atoms with Gasteiger partial charge in [0, 0.05) is 18.6 Å². The Morgan fingerprint density at radius 1 is 1.47 bits per heavy atom. The molecule has 9 heteroatoms. The van der Waals surface area contributed by atoms with E-state index in [1.807, 2.05) is 0 Å².